The normalized spacial score (nSPS) is 19.0. The largest absolute Gasteiger partial charge is 0.444 e. The number of hydrogen-bond donors (Lipinski definition) is 2. The summed E-state index contributed by atoms with van der Waals surface area (Å²) in [4.78, 5) is 49.7. The SMILES string of the molecule is CC(C)(C)OC(=O)N1CCOC[C@H]1C(=O)Nc1ccc(-c2ccc(-c3c[nH]c([C@@H]4COCCN4C(=O)OC(C)(C)C)n3)cc2)cc1. The predicted octanol–water partition coefficient (Wildman–Crippen LogP) is 5.63. The number of aromatic nitrogens is 2. The molecule has 0 spiro atoms. The number of carbonyl (C=O) groups excluding carboxylic acids is 3. The Balaban J connectivity index is 1.22. The maximum absolute atomic E-state index is 13.1. The molecule has 0 aliphatic carbocycles. The first-order chi connectivity index (χ1) is 21.8. The second-order valence-electron chi connectivity index (χ2n) is 13.3. The number of carbonyl (C=O) groups is 3. The smallest absolute Gasteiger partial charge is 0.411 e. The van der Waals surface area contributed by atoms with Crippen molar-refractivity contribution in [1.29, 1.82) is 0 Å². The van der Waals surface area contributed by atoms with Gasteiger partial charge in [-0.2, -0.15) is 0 Å². The summed E-state index contributed by atoms with van der Waals surface area (Å²) in [6.07, 6.45) is 0.899. The topological polar surface area (TPSA) is 135 Å². The number of aromatic amines is 1. The Morgan fingerprint density at radius 1 is 0.783 bits per heavy atom. The van der Waals surface area contributed by atoms with E-state index in [1.807, 2.05) is 75.5 Å². The minimum absolute atomic E-state index is 0.101. The van der Waals surface area contributed by atoms with Crippen molar-refractivity contribution < 1.29 is 33.3 Å². The van der Waals surface area contributed by atoms with E-state index in [9.17, 15) is 14.4 Å². The fourth-order valence-electron chi connectivity index (χ4n) is 5.19. The van der Waals surface area contributed by atoms with Crippen molar-refractivity contribution in [2.75, 3.05) is 44.8 Å². The molecule has 2 aromatic carbocycles. The molecular formula is C34H43N5O7. The van der Waals surface area contributed by atoms with Crippen LogP contribution in [0.15, 0.2) is 54.7 Å². The Bertz CT molecular complexity index is 1520. The number of H-pyrrole nitrogens is 1. The highest BCUT2D eigenvalue weighted by Crippen LogP contribution is 2.29. The van der Waals surface area contributed by atoms with Crippen LogP contribution in [0.2, 0.25) is 0 Å². The van der Waals surface area contributed by atoms with Crippen LogP contribution in [0.1, 0.15) is 53.4 Å². The number of rotatable bonds is 5. The molecule has 2 saturated heterocycles. The van der Waals surface area contributed by atoms with Crippen molar-refractivity contribution in [2.45, 2.75) is 64.8 Å². The minimum atomic E-state index is -0.788. The lowest BCUT2D eigenvalue weighted by Gasteiger charge is -2.35. The summed E-state index contributed by atoms with van der Waals surface area (Å²) in [5, 5.41) is 2.90. The standard InChI is InChI=1S/C34H43N5O7/c1-33(2,3)45-31(41)38-15-17-43-20-27(38)29-35-19-26(37-29)24-9-7-22(8-10-24)23-11-13-25(14-12-23)36-30(40)28-21-44-18-16-39(28)32(42)46-34(4,5)6/h7-14,19,27-28H,15-18,20-21H2,1-6H3,(H,35,37)(H,36,40)/t27-,28-/m0/s1. The van der Waals surface area contributed by atoms with E-state index in [1.165, 1.54) is 4.90 Å². The summed E-state index contributed by atoms with van der Waals surface area (Å²) in [5.41, 5.74) is 2.97. The van der Waals surface area contributed by atoms with Gasteiger partial charge in [-0.05, 0) is 64.8 Å². The number of imidazole rings is 1. The van der Waals surface area contributed by atoms with Crippen molar-refractivity contribution in [1.82, 2.24) is 19.8 Å². The van der Waals surface area contributed by atoms with E-state index >= 15 is 0 Å². The van der Waals surface area contributed by atoms with Crippen molar-refractivity contribution >= 4 is 23.8 Å². The van der Waals surface area contributed by atoms with Crippen LogP contribution >= 0.6 is 0 Å². The summed E-state index contributed by atoms with van der Waals surface area (Å²) in [6, 6.07) is 14.3. The zero-order valence-corrected chi connectivity index (χ0v) is 27.3. The van der Waals surface area contributed by atoms with Gasteiger partial charge < -0.3 is 29.2 Å². The molecule has 12 heteroatoms. The molecule has 0 radical (unpaired) electrons. The van der Waals surface area contributed by atoms with Crippen molar-refractivity contribution in [3.8, 4) is 22.4 Å². The maximum Gasteiger partial charge on any atom is 0.411 e. The maximum atomic E-state index is 13.1. The molecule has 2 N–H and O–H groups in total. The lowest BCUT2D eigenvalue weighted by Crippen LogP contribution is -2.55. The zero-order valence-electron chi connectivity index (χ0n) is 27.3. The average Bonchev–Trinajstić information content (AvgIpc) is 3.50. The third-order valence-corrected chi connectivity index (χ3v) is 7.40. The lowest BCUT2D eigenvalue weighted by atomic mass is 10.0. The second kappa shape index (κ2) is 13.5. The summed E-state index contributed by atoms with van der Waals surface area (Å²) in [7, 11) is 0. The van der Waals surface area contributed by atoms with Crippen LogP contribution in [0.4, 0.5) is 15.3 Å². The first-order valence-electron chi connectivity index (χ1n) is 15.5. The number of ether oxygens (including phenoxy) is 4. The van der Waals surface area contributed by atoms with Gasteiger partial charge in [0.1, 0.15) is 29.1 Å². The third-order valence-electron chi connectivity index (χ3n) is 7.40. The second-order valence-corrected chi connectivity index (χ2v) is 13.3. The van der Waals surface area contributed by atoms with Crippen LogP contribution in [0, 0.1) is 0 Å². The third kappa shape index (κ3) is 8.24. The Morgan fingerprint density at radius 3 is 1.91 bits per heavy atom. The van der Waals surface area contributed by atoms with E-state index in [-0.39, 0.29) is 31.2 Å². The van der Waals surface area contributed by atoms with Crippen molar-refractivity contribution in [3.05, 3.63) is 60.6 Å². The van der Waals surface area contributed by atoms with Gasteiger partial charge in [-0.25, -0.2) is 14.6 Å². The highest BCUT2D eigenvalue weighted by atomic mass is 16.6. The van der Waals surface area contributed by atoms with Gasteiger partial charge in [-0.15, -0.1) is 0 Å². The molecule has 3 aromatic rings. The molecule has 0 saturated carbocycles. The molecule has 5 rings (SSSR count). The van der Waals surface area contributed by atoms with Crippen molar-refractivity contribution in [3.63, 3.8) is 0 Å². The quantitative estimate of drug-likeness (QED) is 0.369. The number of nitrogens with zero attached hydrogens (tertiary/aromatic N) is 3. The van der Waals surface area contributed by atoms with E-state index in [4.69, 9.17) is 23.9 Å². The molecule has 2 aliphatic rings. The molecule has 3 heterocycles. The Labute approximate surface area is 269 Å². The Morgan fingerprint density at radius 2 is 1.30 bits per heavy atom. The predicted molar refractivity (Wildman–Crippen MR) is 172 cm³/mol. The molecule has 1 aromatic heterocycles. The Kier molecular flexibility index (Phi) is 9.68. The van der Waals surface area contributed by atoms with E-state index < -0.39 is 23.3 Å². The van der Waals surface area contributed by atoms with Gasteiger partial charge in [0.2, 0.25) is 5.91 Å². The van der Waals surface area contributed by atoms with Crippen LogP contribution in [0.5, 0.6) is 0 Å². The molecule has 2 fully saturated rings. The molecule has 2 aliphatic heterocycles. The highest BCUT2D eigenvalue weighted by Gasteiger charge is 2.36. The number of hydrogen-bond acceptors (Lipinski definition) is 8. The summed E-state index contributed by atoms with van der Waals surface area (Å²) < 4.78 is 22.2. The zero-order chi connectivity index (χ0) is 33.1. The number of nitrogens with one attached hydrogen (secondary N) is 2. The molecule has 0 unspecified atom stereocenters. The van der Waals surface area contributed by atoms with Crippen LogP contribution in [0.3, 0.4) is 0 Å². The molecule has 46 heavy (non-hydrogen) atoms. The first kappa shape index (κ1) is 33.0. The lowest BCUT2D eigenvalue weighted by molar-refractivity contribution is -0.127. The van der Waals surface area contributed by atoms with Gasteiger partial charge in [0.25, 0.3) is 0 Å². The van der Waals surface area contributed by atoms with Crippen LogP contribution < -0.4 is 5.32 Å². The van der Waals surface area contributed by atoms with E-state index in [0.29, 0.717) is 37.9 Å². The Hall–Kier alpha value is -4.42. The summed E-state index contributed by atoms with van der Waals surface area (Å²) in [5.74, 6) is 0.298. The van der Waals surface area contributed by atoms with Gasteiger partial charge in [0, 0.05) is 30.5 Å². The van der Waals surface area contributed by atoms with Crippen LogP contribution in [-0.2, 0) is 23.7 Å². The monoisotopic (exact) mass is 633 g/mol. The number of amides is 3. The number of morpholine rings is 2. The molecule has 2 atom stereocenters. The van der Waals surface area contributed by atoms with Gasteiger partial charge in [-0.1, -0.05) is 36.4 Å². The van der Waals surface area contributed by atoms with E-state index in [1.54, 1.807) is 25.7 Å². The molecule has 3 amide bonds. The van der Waals surface area contributed by atoms with E-state index in [0.717, 1.165) is 22.4 Å². The average molecular weight is 634 g/mol. The van der Waals surface area contributed by atoms with Gasteiger partial charge >= 0.3 is 12.2 Å². The van der Waals surface area contributed by atoms with Gasteiger partial charge in [-0.3, -0.25) is 14.6 Å². The minimum Gasteiger partial charge on any atom is -0.444 e. The first-order valence-corrected chi connectivity index (χ1v) is 15.5. The number of anilines is 1. The molecular weight excluding hydrogens is 590 g/mol. The number of benzene rings is 2. The van der Waals surface area contributed by atoms with Gasteiger partial charge in [0.15, 0.2) is 0 Å². The molecule has 12 nitrogen and oxygen atoms in total. The highest BCUT2D eigenvalue weighted by molar-refractivity contribution is 5.97. The van der Waals surface area contributed by atoms with Crippen LogP contribution in [0.25, 0.3) is 22.4 Å². The fraction of sp³-hybridized carbons (Fsp3) is 0.471. The van der Waals surface area contributed by atoms with E-state index in [2.05, 4.69) is 10.3 Å². The van der Waals surface area contributed by atoms with Crippen LogP contribution in [-0.4, -0.2) is 94.6 Å². The van der Waals surface area contributed by atoms with Gasteiger partial charge in [0.05, 0.1) is 32.1 Å². The fourth-order valence-corrected chi connectivity index (χ4v) is 5.19. The molecule has 246 valence electrons. The summed E-state index contributed by atoms with van der Waals surface area (Å²) in [6.45, 7) is 12.8. The van der Waals surface area contributed by atoms with Crippen molar-refractivity contribution in [2.24, 2.45) is 0 Å². The molecule has 0 bridgehead atoms. The summed E-state index contributed by atoms with van der Waals surface area (Å²) >= 11 is 0.